The predicted molar refractivity (Wildman–Crippen MR) is 87.3 cm³/mol. The minimum atomic E-state index is -0.115. The van der Waals surface area contributed by atoms with E-state index in [4.69, 9.17) is 0 Å². The van der Waals surface area contributed by atoms with Gasteiger partial charge in [-0.3, -0.25) is 0 Å². The Labute approximate surface area is 129 Å². The predicted octanol–water partition coefficient (Wildman–Crippen LogP) is 5.14. The fourth-order valence-corrected chi connectivity index (χ4v) is 5.48. The number of fused-ring (bicyclic) bond motifs is 2. The molecule has 0 heterocycles. The van der Waals surface area contributed by atoms with E-state index in [9.17, 15) is 4.79 Å². The highest BCUT2D eigenvalue weighted by atomic mass is 16.1. The highest BCUT2D eigenvalue weighted by Crippen LogP contribution is 2.57. The number of carbonyl (C=O) groups excluding carboxylic acids is 1. The molecule has 1 heteroatoms. The summed E-state index contributed by atoms with van der Waals surface area (Å²) in [6, 6.07) is 11.0. The average molecular weight is 284 g/mol. The van der Waals surface area contributed by atoms with E-state index in [1.165, 1.54) is 44.0 Å². The lowest BCUT2D eigenvalue weighted by molar-refractivity contribution is -0.121. The van der Waals surface area contributed by atoms with Crippen molar-refractivity contribution in [2.75, 3.05) is 0 Å². The molecule has 0 N–H and O–H groups in total. The first-order valence-corrected chi connectivity index (χ1v) is 8.61. The van der Waals surface area contributed by atoms with Crippen molar-refractivity contribution in [3.63, 3.8) is 0 Å². The lowest BCUT2D eigenvalue weighted by Crippen LogP contribution is -2.47. The van der Waals surface area contributed by atoms with Crippen LogP contribution >= 0.6 is 0 Å². The Balaban J connectivity index is 1.97. The van der Waals surface area contributed by atoms with E-state index in [0.29, 0.717) is 0 Å². The van der Waals surface area contributed by atoms with E-state index in [-0.39, 0.29) is 10.8 Å². The molecule has 1 aromatic rings. The molecule has 2 aliphatic rings. The van der Waals surface area contributed by atoms with Gasteiger partial charge in [-0.2, -0.15) is 0 Å². The molecule has 2 fully saturated rings. The zero-order valence-corrected chi connectivity index (χ0v) is 13.5. The Morgan fingerprint density at radius 3 is 2.62 bits per heavy atom. The van der Waals surface area contributed by atoms with Crippen LogP contribution < -0.4 is 0 Å². The number of benzene rings is 1. The van der Waals surface area contributed by atoms with Crippen LogP contribution in [0.2, 0.25) is 0 Å². The standard InChI is InChI=1S/C20H28O/c1-3-7-16-10-17-11-19(2,15-21)14-20(12-16,13-17)18-8-5-4-6-9-18/h4-6,8-9,15-17H,3,7,10-14H2,1-2H3/t16-,17?,19?,20?/m0/s1. The van der Waals surface area contributed by atoms with E-state index in [1.807, 2.05) is 0 Å². The molecule has 2 aliphatic carbocycles. The van der Waals surface area contributed by atoms with Crippen LogP contribution in [0.5, 0.6) is 0 Å². The van der Waals surface area contributed by atoms with Crippen LogP contribution in [0.15, 0.2) is 30.3 Å². The van der Waals surface area contributed by atoms with Crippen LogP contribution in [0.25, 0.3) is 0 Å². The highest BCUT2D eigenvalue weighted by Gasteiger charge is 2.50. The molecule has 0 radical (unpaired) electrons. The van der Waals surface area contributed by atoms with Crippen molar-refractivity contribution >= 4 is 6.29 Å². The van der Waals surface area contributed by atoms with Gasteiger partial charge in [-0.05, 0) is 54.9 Å². The van der Waals surface area contributed by atoms with Gasteiger partial charge in [0.25, 0.3) is 0 Å². The first-order valence-electron chi connectivity index (χ1n) is 8.61. The van der Waals surface area contributed by atoms with Gasteiger partial charge in [0.2, 0.25) is 0 Å². The number of rotatable bonds is 4. The molecule has 0 aliphatic heterocycles. The number of hydrogen-bond acceptors (Lipinski definition) is 1. The molecule has 0 aromatic heterocycles. The van der Waals surface area contributed by atoms with E-state index in [0.717, 1.165) is 24.7 Å². The molecule has 0 saturated heterocycles. The van der Waals surface area contributed by atoms with Crippen molar-refractivity contribution in [1.29, 1.82) is 0 Å². The molecule has 21 heavy (non-hydrogen) atoms. The first kappa shape index (κ1) is 14.8. The maximum atomic E-state index is 11.7. The van der Waals surface area contributed by atoms with Crippen molar-refractivity contribution in [3.8, 4) is 0 Å². The Morgan fingerprint density at radius 1 is 1.19 bits per heavy atom. The van der Waals surface area contributed by atoms with Crippen molar-refractivity contribution in [2.24, 2.45) is 17.3 Å². The molecular weight excluding hydrogens is 256 g/mol. The van der Waals surface area contributed by atoms with Gasteiger partial charge >= 0.3 is 0 Å². The summed E-state index contributed by atoms with van der Waals surface area (Å²) in [5, 5.41) is 0. The monoisotopic (exact) mass is 284 g/mol. The second kappa shape index (κ2) is 5.59. The third-order valence-electron chi connectivity index (χ3n) is 5.89. The molecule has 2 saturated carbocycles. The van der Waals surface area contributed by atoms with Crippen LogP contribution in [-0.4, -0.2) is 6.29 Å². The maximum Gasteiger partial charge on any atom is 0.125 e. The van der Waals surface area contributed by atoms with Gasteiger partial charge in [-0.25, -0.2) is 0 Å². The van der Waals surface area contributed by atoms with Crippen molar-refractivity contribution < 1.29 is 4.79 Å². The lowest BCUT2D eigenvalue weighted by Gasteiger charge is -2.54. The minimum absolute atomic E-state index is 0.115. The summed E-state index contributed by atoms with van der Waals surface area (Å²) in [4.78, 5) is 11.7. The molecule has 0 amide bonds. The van der Waals surface area contributed by atoms with Crippen LogP contribution in [0.1, 0.15) is 64.4 Å². The summed E-state index contributed by atoms with van der Waals surface area (Å²) in [5.74, 6) is 1.59. The van der Waals surface area contributed by atoms with Crippen LogP contribution in [0.3, 0.4) is 0 Å². The second-order valence-electron chi connectivity index (χ2n) is 7.96. The molecule has 1 aromatic carbocycles. The Bertz CT molecular complexity index is 494. The van der Waals surface area contributed by atoms with E-state index < -0.39 is 0 Å². The topological polar surface area (TPSA) is 17.1 Å². The summed E-state index contributed by atoms with van der Waals surface area (Å²) in [6.07, 6.45) is 9.94. The minimum Gasteiger partial charge on any atom is -0.303 e. The summed E-state index contributed by atoms with van der Waals surface area (Å²) in [5.41, 5.74) is 1.61. The van der Waals surface area contributed by atoms with Crippen molar-refractivity contribution in [3.05, 3.63) is 35.9 Å². The largest absolute Gasteiger partial charge is 0.303 e. The quantitative estimate of drug-likeness (QED) is 0.700. The van der Waals surface area contributed by atoms with Crippen molar-refractivity contribution in [2.45, 2.75) is 64.2 Å². The summed E-state index contributed by atoms with van der Waals surface area (Å²) < 4.78 is 0. The molecule has 4 atom stereocenters. The van der Waals surface area contributed by atoms with Gasteiger partial charge in [-0.15, -0.1) is 0 Å². The van der Waals surface area contributed by atoms with E-state index in [1.54, 1.807) is 0 Å². The number of hydrogen-bond donors (Lipinski definition) is 0. The molecule has 3 rings (SSSR count). The second-order valence-corrected chi connectivity index (χ2v) is 7.96. The molecule has 0 spiro atoms. The van der Waals surface area contributed by atoms with E-state index in [2.05, 4.69) is 44.2 Å². The lowest BCUT2D eigenvalue weighted by atomic mass is 9.50. The third-order valence-corrected chi connectivity index (χ3v) is 5.89. The van der Waals surface area contributed by atoms with Gasteiger partial charge < -0.3 is 4.79 Å². The normalized spacial score (nSPS) is 39.0. The average Bonchev–Trinajstić information content (AvgIpc) is 2.47. The van der Waals surface area contributed by atoms with Crippen molar-refractivity contribution in [1.82, 2.24) is 0 Å². The number of aldehydes is 1. The fraction of sp³-hybridized carbons (Fsp3) is 0.650. The van der Waals surface area contributed by atoms with Gasteiger partial charge in [0.1, 0.15) is 6.29 Å². The summed E-state index contributed by atoms with van der Waals surface area (Å²) >= 11 is 0. The molecule has 3 unspecified atom stereocenters. The Morgan fingerprint density at radius 2 is 1.95 bits per heavy atom. The van der Waals surface area contributed by atoms with Crippen LogP contribution in [0, 0.1) is 17.3 Å². The maximum absolute atomic E-state index is 11.7. The molecule has 2 bridgehead atoms. The fourth-order valence-electron chi connectivity index (χ4n) is 5.48. The molecule has 114 valence electrons. The first-order chi connectivity index (χ1) is 10.1. The van der Waals surface area contributed by atoms with Gasteiger partial charge in [0.05, 0.1) is 0 Å². The zero-order chi connectivity index (χ0) is 14.9. The van der Waals surface area contributed by atoms with Crippen LogP contribution in [0.4, 0.5) is 0 Å². The Kier molecular flexibility index (Phi) is 3.94. The Hall–Kier alpha value is -1.11. The smallest absolute Gasteiger partial charge is 0.125 e. The summed E-state index contributed by atoms with van der Waals surface area (Å²) in [7, 11) is 0. The highest BCUT2D eigenvalue weighted by molar-refractivity contribution is 5.60. The van der Waals surface area contributed by atoms with E-state index >= 15 is 0 Å². The number of carbonyl (C=O) groups is 1. The molecular formula is C20H28O. The van der Waals surface area contributed by atoms with Crippen LogP contribution in [-0.2, 0) is 10.2 Å². The third kappa shape index (κ3) is 2.80. The summed E-state index contributed by atoms with van der Waals surface area (Å²) in [6.45, 7) is 4.49. The van der Waals surface area contributed by atoms with Gasteiger partial charge in [0.15, 0.2) is 0 Å². The SMILES string of the molecule is CCC[C@H]1CC2CC(C)(C=O)CC(c3ccccc3)(C2)C1. The van der Waals surface area contributed by atoms with Gasteiger partial charge in [0, 0.05) is 5.41 Å². The van der Waals surface area contributed by atoms with Gasteiger partial charge in [-0.1, -0.05) is 57.0 Å². The molecule has 1 nitrogen and oxygen atoms in total. The zero-order valence-electron chi connectivity index (χ0n) is 13.5.